The molecule has 0 saturated carbocycles. The topological polar surface area (TPSA) is 415 Å². The molecule has 0 aliphatic carbocycles. The van der Waals surface area contributed by atoms with Crippen molar-refractivity contribution >= 4 is 47.8 Å². The van der Waals surface area contributed by atoms with Crippen LogP contribution in [0.5, 0.6) is 0 Å². The molecule has 0 aromatic rings. The second-order valence-corrected chi connectivity index (χ2v) is 20.6. The molecule has 0 rings (SSSR count). The van der Waals surface area contributed by atoms with E-state index in [1.165, 1.54) is 0 Å². The summed E-state index contributed by atoms with van der Waals surface area (Å²) in [5, 5.41) is 27.8. The zero-order chi connectivity index (χ0) is 69.8. The highest BCUT2D eigenvalue weighted by Gasteiger charge is 2.27. The molecule has 0 aromatic carbocycles. The van der Waals surface area contributed by atoms with E-state index in [1.807, 2.05) is 0 Å². The third-order valence-corrected chi connectivity index (χ3v) is 9.99. The summed E-state index contributed by atoms with van der Waals surface area (Å²) >= 11 is 0. The van der Waals surface area contributed by atoms with Crippen molar-refractivity contribution in [3.63, 3.8) is 0 Å². The Hall–Kier alpha value is -5.28. The van der Waals surface area contributed by atoms with Gasteiger partial charge in [-0.1, -0.05) is 7.43 Å². The van der Waals surface area contributed by atoms with Crippen LogP contribution in [0.2, 0.25) is 0 Å². The first kappa shape index (κ1) is 96.4. The van der Waals surface area contributed by atoms with Gasteiger partial charge in [0.1, 0.15) is 37.4 Å². The molecule has 34 nitrogen and oxygen atoms in total. The van der Waals surface area contributed by atoms with Gasteiger partial charge in [-0.05, 0) is 48.0 Å². The number of nitrogens with zero attached hydrogens (tertiary/aromatic N) is 2. The first-order chi connectivity index (χ1) is 43.9. The van der Waals surface area contributed by atoms with E-state index in [0.29, 0.717) is 196 Å². The number of aliphatic carboxylic acids is 2. The molecule has 6 amide bonds. The van der Waals surface area contributed by atoms with E-state index >= 15 is 0 Å². The van der Waals surface area contributed by atoms with Gasteiger partial charge in [0.15, 0.2) is 0 Å². The van der Waals surface area contributed by atoms with Crippen molar-refractivity contribution in [3.8, 4) is 0 Å². The van der Waals surface area contributed by atoms with Gasteiger partial charge in [-0.15, -0.1) is 0 Å². The smallest absolute Gasteiger partial charge is 0.411 e. The van der Waals surface area contributed by atoms with Crippen LogP contribution >= 0.6 is 0 Å². The summed E-state index contributed by atoms with van der Waals surface area (Å²) in [6.07, 6.45) is -0.606. The Labute approximate surface area is 551 Å². The Morgan fingerprint density at radius 3 is 0.774 bits per heavy atom. The minimum absolute atomic E-state index is 0. The van der Waals surface area contributed by atoms with E-state index in [2.05, 4.69) is 21.3 Å². The van der Waals surface area contributed by atoms with Crippen LogP contribution in [0.15, 0.2) is 0 Å². The van der Waals surface area contributed by atoms with Crippen LogP contribution < -0.4 is 27.0 Å². The average Bonchev–Trinajstić information content (AvgIpc) is 1.35. The van der Waals surface area contributed by atoms with Crippen LogP contribution in [-0.4, -0.2) is 339 Å². The largest absolute Gasteiger partial charge is 0.480 e. The van der Waals surface area contributed by atoms with Crippen LogP contribution in [0, 0.1) is 0 Å². The Bertz CT molecular complexity index is 1690. The quantitative estimate of drug-likeness (QED) is 0.0400. The summed E-state index contributed by atoms with van der Waals surface area (Å²) in [6, 6.07) is 0. The molecule has 0 aromatic heterocycles. The lowest BCUT2D eigenvalue weighted by Gasteiger charge is -2.26. The molecule has 0 radical (unpaired) electrons. The number of carboxylic acid groups (broad SMARTS) is 2. The molecule has 552 valence electrons. The zero-order valence-corrected chi connectivity index (χ0v) is 56.7. The Kier molecular flexibility index (Phi) is 73.6. The summed E-state index contributed by atoms with van der Waals surface area (Å²) in [4.78, 5) is 94.4. The maximum absolute atomic E-state index is 12.5. The van der Waals surface area contributed by atoms with E-state index in [-0.39, 0.29) is 58.6 Å². The predicted molar refractivity (Wildman–Crippen MR) is 340 cm³/mol. The molecule has 0 unspecified atom stereocenters. The van der Waals surface area contributed by atoms with Gasteiger partial charge in [-0.2, -0.15) is 0 Å². The van der Waals surface area contributed by atoms with Crippen molar-refractivity contribution in [1.82, 2.24) is 31.1 Å². The summed E-state index contributed by atoms with van der Waals surface area (Å²) in [6.45, 7) is 22.1. The van der Waals surface area contributed by atoms with E-state index in [1.54, 1.807) is 77.1 Å². The molecule has 0 aliphatic rings. The molecule has 0 atom stereocenters. The molecular weight excluding hydrogens is 1240 g/mol. The Balaban J connectivity index is -0.000000401. The molecule has 93 heavy (non-hydrogen) atoms. The lowest BCUT2D eigenvalue weighted by Crippen LogP contribution is -2.48. The second kappa shape index (κ2) is 71.0. The third kappa shape index (κ3) is 82.8. The van der Waals surface area contributed by atoms with Crippen molar-refractivity contribution in [1.29, 1.82) is 0 Å². The molecular formula is C59H119N7O27. The molecule has 8 N–H and O–H groups in total. The molecule has 0 fully saturated rings. The number of hydrogen-bond acceptors (Lipinski definition) is 26. The first-order valence-electron chi connectivity index (χ1n) is 30.3. The van der Waals surface area contributed by atoms with Gasteiger partial charge in [0, 0.05) is 81.1 Å². The number of carboxylic acids is 2. The highest BCUT2D eigenvalue weighted by molar-refractivity contribution is 5.87. The average molecular weight is 1360 g/mol. The van der Waals surface area contributed by atoms with E-state index < -0.39 is 60.2 Å². The summed E-state index contributed by atoms with van der Waals surface area (Å²) < 4.78 is 87.1. The van der Waals surface area contributed by atoms with Crippen molar-refractivity contribution in [2.24, 2.45) is 5.73 Å². The number of hydrogen-bond donors (Lipinski definition) is 7. The van der Waals surface area contributed by atoms with Gasteiger partial charge in [0.2, 0.25) is 23.6 Å². The SMILES string of the molecule is C.CC(C)(C)OC(=O)N(CC(=O)O)CC(=O)O.COCCOCCOCCN.COCCOCCOCCNC(=O)CCCC(=O)NCCOCCOCCOC.COCCOCCOCCNC(=O)CN(CC(=O)NCCOCCOCCOC)C(=O)OC(C)(C)C. The number of nitrogens with one attached hydrogen (secondary N) is 4. The summed E-state index contributed by atoms with van der Waals surface area (Å²) in [5.41, 5.74) is 3.63. The molecule has 34 heteroatoms. The number of carbonyl (C=O) groups excluding carboxylic acids is 6. The van der Waals surface area contributed by atoms with Crippen molar-refractivity contribution < 1.29 is 129 Å². The van der Waals surface area contributed by atoms with Gasteiger partial charge < -0.3 is 118 Å². The van der Waals surface area contributed by atoms with Gasteiger partial charge >= 0.3 is 24.1 Å². The predicted octanol–water partition coefficient (Wildman–Crippen LogP) is 0.217. The highest BCUT2D eigenvalue weighted by Crippen LogP contribution is 2.11. The number of ether oxygens (including phenoxy) is 17. The minimum atomic E-state index is -1.30. The number of methoxy groups -OCH3 is 5. The zero-order valence-electron chi connectivity index (χ0n) is 56.7. The maximum Gasteiger partial charge on any atom is 0.411 e. The Morgan fingerprint density at radius 2 is 0.548 bits per heavy atom. The van der Waals surface area contributed by atoms with Gasteiger partial charge in [0.05, 0.1) is 165 Å². The van der Waals surface area contributed by atoms with Gasteiger partial charge in [0.25, 0.3) is 0 Å². The standard InChI is InChI=1S/C23H45N3O10.C19H38N2O8.C9H15NO6.C7H17NO3.CH4/c1-23(2,3)36-22(29)26(18-20(27)24-6-8-32-14-16-34-12-10-30-4)19-21(28)25-7-9-33-15-17-35-13-11-31-5;1-24-10-12-28-16-14-26-8-6-20-18(22)4-3-5-19(23)21-7-9-27-15-17-29-13-11-25-2;1-9(2,3)16-8(15)10(4-6(11)12)5-7(13)14;1-9-4-5-11-7-6-10-3-2-8;/h6-19H2,1-5H3,(H,24,27)(H,25,28);3-17H2,1-2H3,(H,20,22)(H,21,23);4-5H2,1-3H3,(H,11,12)(H,13,14);2-8H2,1H3;1H4. The summed E-state index contributed by atoms with van der Waals surface area (Å²) in [5.74, 6) is -3.65. The minimum Gasteiger partial charge on any atom is -0.480 e. The Morgan fingerprint density at radius 1 is 0.333 bits per heavy atom. The van der Waals surface area contributed by atoms with Gasteiger partial charge in [-0.3, -0.25) is 38.6 Å². The van der Waals surface area contributed by atoms with Crippen molar-refractivity contribution in [2.75, 3.05) is 260 Å². The lowest BCUT2D eigenvalue weighted by molar-refractivity contribution is -0.142. The van der Waals surface area contributed by atoms with Crippen molar-refractivity contribution in [2.45, 2.75) is 79.4 Å². The first-order valence-corrected chi connectivity index (χ1v) is 30.3. The number of nitrogens with two attached hydrogens (primary N) is 1. The lowest BCUT2D eigenvalue weighted by atomic mass is 10.2. The third-order valence-electron chi connectivity index (χ3n) is 9.99. The van der Waals surface area contributed by atoms with Crippen LogP contribution in [0.4, 0.5) is 9.59 Å². The maximum atomic E-state index is 12.5. The normalized spacial score (nSPS) is 10.8. The number of amides is 6. The van der Waals surface area contributed by atoms with Crippen LogP contribution in [-0.2, 0) is 109 Å². The fourth-order valence-corrected chi connectivity index (χ4v) is 5.85. The van der Waals surface area contributed by atoms with E-state index in [4.69, 9.17) is 96.5 Å². The van der Waals surface area contributed by atoms with Gasteiger partial charge in [-0.25, -0.2) is 9.59 Å². The molecule has 0 spiro atoms. The fourth-order valence-electron chi connectivity index (χ4n) is 5.85. The molecule has 0 saturated heterocycles. The molecule has 0 heterocycles. The fraction of sp³-hybridized carbons (Fsp3) is 0.864. The van der Waals surface area contributed by atoms with Crippen LogP contribution in [0.1, 0.15) is 68.2 Å². The van der Waals surface area contributed by atoms with Crippen molar-refractivity contribution in [3.05, 3.63) is 0 Å². The number of carbonyl (C=O) groups is 8. The monoisotopic (exact) mass is 1360 g/mol. The van der Waals surface area contributed by atoms with Crippen LogP contribution in [0.25, 0.3) is 0 Å². The summed E-state index contributed by atoms with van der Waals surface area (Å²) in [7, 11) is 8.08. The molecule has 0 aliphatic heterocycles. The van der Waals surface area contributed by atoms with E-state index in [9.17, 15) is 38.4 Å². The number of rotatable bonds is 56. The highest BCUT2D eigenvalue weighted by atomic mass is 16.6. The molecule has 0 bridgehead atoms. The van der Waals surface area contributed by atoms with E-state index in [0.717, 1.165) is 4.90 Å². The second-order valence-electron chi connectivity index (χ2n) is 20.6. The van der Waals surface area contributed by atoms with Crippen LogP contribution in [0.3, 0.4) is 0 Å².